The second-order valence-corrected chi connectivity index (χ2v) is 2.84. The van der Waals surface area contributed by atoms with Crippen molar-refractivity contribution in [1.29, 1.82) is 0 Å². The molecule has 0 spiro atoms. The van der Waals surface area contributed by atoms with E-state index in [2.05, 4.69) is 5.32 Å². The molecule has 4 heteroatoms. The second-order valence-electron chi connectivity index (χ2n) is 2.84. The number of nitrogens with one attached hydrogen (secondary N) is 1. The van der Waals surface area contributed by atoms with Crippen LogP contribution in [0.15, 0.2) is 0 Å². The summed E-state index contributed by atoms with van der Waals surface area (Å²) in [6.07, 6.45) is 0.580. The predicted octanol–water partition coefficient (Wildman–Crippen LogP) is 1.33. The maximum Gasteiger partial charge on any atom is 0.219 e. The molecule has 84 valence electrons. The molecule has 0 heterocycles. The normalized spacial score (nSPS) is 7.00. The van der Waals surface area contributed by atoms with E-state index in [0.29, 0.717) is 6.42 Å². The van der Waals surface area contributed by atoms with Gasteiger partial charge in [-0.3, -0.25) is 4.79 Å². The van der Waals surface area contributed by atoms with E-state index in [4.69, 9.17) is 0 Å². The van der Waals surface area contributed by atoms with E-state index in [1.807, 2.05) is 6.92 Å². The SMILES string of the molecule is CC(C)=O.CC(C)=O.CCC(=O)NC. The van der Waals surface area contributed by atoms with Crippen LogP contribution in [0.3, 0.4) is 0 Å². The van der Waals surface area contributed by atoms with Crippen molar-refractivity contribution in [2.75, 3.05) is 7.05 Å². The molecule has 1 N–H and O–H groups in total. The Bertz CT molecular complexity index is 150. The Hall–Kier alpha value is -1.19. The third-order valence-electron chi connectivity index (χ3n) is 0.600. The Morgan fingerprint density at radius 2 is 1.14 bits per heavy atom. The molecule has 0 aromatic heterocycles. The highest BCUT2D eigenvalue weighted by atomic mass is 16.1. The Kier molecular flexibility index (Phi) is 19.0. The van der Waals surface area contributed by atoms with E-state index in [1.54, 1.807) is 7.05 Å². The molecule has 4 nitrogen and oxygen atoms in total. The van der Waals surface area contributed by atoms with Crippen molar-refractivity contribution in [3.05, 3.63) is 0 Å². The van der Waals surface area contributed by atoms with Gasteiger partial charge in [-0.25, -0.2) is 0 Å². The molecule has 1 amide bonds. The first-order chi connectivity index (χ1) is 6.27. The third kappa shape index (κ3) is 132. The third-order valence-corrected chi connectivity index (χ3v) is 0.600. The van der Waals surface area contributed by atoms with Gasteiger partial charge in [-0.05, 0) is 27.7 Å². The average molecular weight is 203 g/mol. The Morgan fingerprint density at radius 1 is 0.929 bits per heavy atom. The van der Waals surface area contributed by atoms with Crippen LogP contribution in [0, 0.1) is 0 Å². The Balaban J connectivity index is -0.000000135. The van der Waals surface area contributed by atoms with Crippen molar-refractivity contribution in [2.24, 2.45) is 0 Å². The van der Waals surface area contributed by atoms with Gasteiger partial charge in [0.2, 0.25) is 5.91 Å². The first-order valence-corrected chi connectivity index (χ1v) is 4.42. The fraction of sp³-hybridized carbons (Fsp3) is 0.700. The van der Waals surface area contributed by atoms with E-state index in [1.165, 1.54) is 27.7 Å². The van der Waals surface area contributed by atoms with Gasteiger partial charge in [0, 0.05) is 13.5 Å². The van der Waals surface area contributed by atoms with Gasteiger partial charge < -0.3 is 14.9 Å². The zero-order valence-corrected chi connectivity index (χ0v) is 9.93. The van der Waals surface area contributed by atoms with Gasteiger partial charge in [0.25, 0.3) is 0 Å². The minimum absolute atomic E-state index is 0.0926. The van der Waals surface area contributed by atoms with Crippen molar-refractivity contribution in [2.45, 2.75) is 41.0 Å². The molecule has 0 atom stereocenters. The van der Waals surface area contributed by atoms with Crippen LogP contribution in [-0.2, 0) is 14.4 Å². The molecular weight excluding hydrogens is 182 g/mol. The first-order valence-electron chi connectivity index (χ1n) is 4.42. The predicted molar refractivity (Wildman–Crippen MR) is 57.1 cm³/mol. The van der Waals surface area contributed by atoms with Gasteiger partial charge in [-0.15, -0.1) is 0 Å². The van der Waals surface area contributed by atoms with E-state index in [9.17, 15) is 14.4 Å². The van der Waals surface area contributed by atoms with Gasteiger partial charge in [0.1, 0.15) is 11.6 Å². The highest BCUT2D eigenvalue weighted by molar-refractivity contribution is 5.75. The van der Waals surface area contributed by atoms with E-state index < -0.39 is 0 Å². The number of hydrogen-bond donors (Lipinski definition) is 1. The first kappa shape index (κ1) is 18.6. The molecule has 0 fully saturated rings. The number of ketones is 2. The number of carbonyl (C=O) groups excluding carboxylic acids is 3. The van der Waals surface area contributed by atoms with Crippen LogP contribution >= 0.6 is 0 Å². The van der Waals surface area contributed by atoms with Crippen molar-refractivity contribution >= 4 is 17.5 Å². The zero-order chi connectivity index (χ0) is 12.1. The summed E-state index contributed by atoms with van der Waals surface area (Å²) in [6, 6.07) is 0. The molecule has 0 saturated carbocycles. The van der Waals surface area contributed by atoms with Crippen molar-refractivity contribution < 1.29 is 14.4 Å². The van der Waals surface area contributed by atoms with Crippen molar-refractivity contribution in [1.82, 2.24) is 5.32 Å². The van der Waals surface area contributed by atoms with Gasteiger partial charge in [-0.2, -0.15) is 0 Å². The fourth-order valence-corrected chi connectivity index (χ4v) is 0.177. The quantitative estimate of drug-likeness (QED) is 0.699. The molecule has 0 aliphatic heterocycles. The largest absolute Gasteiger partial charge is 0.359 e. The lowest BCUT2D eigenvalue weighted by Crippen LogP contribution is -2.15. The summed E-state index contributed by atoms with van der Waals surface area (Å²) in [4.78, 5) is 29.0. The summed E-state index contributed by atoms with van der Waals surface area (Å²) in [5.74, 6) is 0.426. The minimum atomic E-state index is 0.0926. The monoisotopic (exact) mass is 203 g/mol. The molecular formula is C10H21NO3. The van der Waals surface area contributed by atoms with Gasteiger partial charge in [0.05, 0.1) is 0 Å². The van der Waals surface area contributed by atoms with E-state index in [-0.39, 0.29) is 17.5 Å². The maximum absolute atomic E-state index is 10.1. The molecule has 0 aromatic carbocycles. The molecule has 0 bridgehead atoms. The fourth-order valence-electron chi connectivity index (χ4n) is 0.177. The molecule has 0 aliphatic rings. The van der Waals surface area contributed by atoms with Crippen LogP contribution in [0.1, 0.15) is 41.0 Å². The standard InChI is InChI=1S/C4H9NO.2C3H6O/c1-3-4(6)5-2;2*1-3(2)4/h3H2,1-2H3,(H,5,6);2*1-2H3. The summed E-state index contributed by atoms with van der Waals surface area (Å²) in [5, 5.41) is 2.48. The second kappa shape index (κ2) is 14.3. The van der Waals surface area contributed by atoms with Gasteiger partial charge >= 0.3 is 0 Å². The molecule has 14 heavy (non-hydrogen) atoms. The lowest BCUT2D eigenvalue weighted by Gasteiger charge is -1.87. The molecule has 0 saturated heterocycles. The molecule has 0 unspecified atom stereocenters. The van der Waals surface area contributed by atoms with Crippen molar-refractivity contribution in [3.8, 4) is 0 Å². The smallest absolute Gasteiger partial charge is 0.219 e. The lowest BCUT2D eigenvalue weighted by atomic mass is 10.5. The summed E-state index contributed by atoms with van der Waals surface area (Å²) in [7, 11) is 1.63. The Morgan fingerprint density at radius 3 is 1.14 bits per heavy atom. The van der Waals surface area contributed by atoms with Gasteiger partial charge in [0.15, 0.2) is 0 Å². The van der Waals surface area contributed by atoms with E-state index >= 15 is 0 Å². The van der Waals surface area contributed by atoms with Gasteiger partial charge in [-0.1, -0.05) is 6.92 Å². The number of Topliss-reactive ketones (excluding diaryl/α,β-unsaturated/α-hetero) is 2. The number of rotatable bonds is 1. The Labute approximate surface area is 86.1 Å². The zero-order valence-electron chi connectivity index (χ0n) is 9.93. The highest BCUT2D eigenvalue weighted by Gasteiger charge is 1.84. The number of carbonyl (C=O) groups is 3. The number of hydrogen-bond acceptors (Lipinski definition) is 3. The maximum atomic E-state index is 10.1. The summed E-state index contributed by atoms with van der Waals surface area (Å²) in [6.45, 7) is 7.93. The van der Waals surface area contributed by atoms with Crippen LogP contribution in [0.25, 0.3) is 0 Å². The van der Waals surface area contributed by atoms with Crippen LogP contribution in [0.2, 0.25) is 0 Å². The lowest BCUT2D eigenvalue weighted by molar-refractivity contribution is -0.120. The molecule has 0 aromatic rings. The van der Waals surface area contributed by atoms with Crippen LogP contribution in [0.5, 0.6) is 0 Å². The van der Waals surface area contributed by atoms with E-state index in [0.717, 1.165) is 0 Å². The highest BCUT2D eigenvalue weighted by Crippen LogP contribution is 1.68. The summed E-state index contributed by atoms with van der Waals surface area (Å²) >= 11 is 0. The van der Waals surface area contributed by atoms with Crippen LogP contribution in [0.4, 0.5) is 0 Å². The molecule has 0 rings (SSSR count). The topological polar surface area (TPSA) is 63.2 Å². The summed E-state index contributed by atoms with van der Waals surface area (Å²) in [5.41, 5.74) is 0. The van der Waals surface area contributed by atoms with Crippen LogP contribution < -0.4 is 5.32 Å². The van der Waals surface area contributed by atoms with Crippen molar-refractivity contribution in [3.63, 3.8) is 0 Å². The number of amides is 1. The minimum Gasteiger partial charge on any atom is -0.359 e. The van der Waals surface area contributed by atoms with Crippen LogP contribution in [-0.4, -0.2) is 24.5 Å². The summed E-state index contributed by atoms with van der Waals surface area (Å²) < 4.78 is 0. The molecule has 0 radical (unpaired) electrons. The average Bonchev–Trinajstić information content (AvgIpc) is 2.01. The molecule has 0 aliphatic carbocycles.